The Hall–Kier alpha value is -1.87. The molecule has 1 aliphatic heterocycles. The van der Waals surface area contributed by atoms with Gasteiger partial charge in [-0.3, -0.25) is 19.2 Å². The number of nitrogens with one attached hydrogen (secondary N) is 1. The second-order valence-electron chi connectivity index (χ2n) is 5.60. The minimum Gasteiger partial charge on any atom is -0.465 e. The molecule has 0 unspecified atom stereocenters. The molecule has 142 valence electrons. The van der Waals surface area contributed by atoms with Gasteiger partial charge in [-0.25, -0.2) is 0 Å². The van der Waals surface area contributed by atoms with Crippen LogP contribution in [0.4, 0.5) is 0 Å². The van der Waals surface area contributed by atoms with E-state index in [2.05, 4.69) is 5.32 Å². The van der Waals surface area contributed by atoms with Crippen LogP contribution in [0.25, 0.3) is 0 Å². The molecule has 0 aliphatic carbocycles. The Balaban J connectivity index is 3.09. The molecule has 1 amide bonds. The fraction of sp³-hybridized carbons (Fsp3) is 0.733. The van der Waals surface area contributed by atoms with Crippen LogP contribution in [-0.4, -0.2) is 60.8 Å². The molecule has 5 atom stereocenters. The van der Waals surface area contributed by atoms with E-state index in [1.54, 1.807) is 0 Å². The Labute approximate surface area is 150 Å². The predicted molar refractivity (Wildman–Crippen MR) is 84.4 cm³/mol. The molecule has 0 aromatic carbocycles. The van der Waals surface area contributed by atoms with Gasteiger partial charge in [-0.2, -0.15) is 0 Å². The molecule has 0 aromatic heterocycles. The molecule has 9 nitrogen and oxygen atoms in total. The Bertz CT molecular complexity index is 526. The lowest BCUT2D eigenvalue weighted by Crippen LogP contribution is -2.62. The number of halogens is 1. The highest BCUT2D eigenvalue weighted by atomic mass is 35.5. The predicted octanol–water partition coefficient (Wildman–Crippen LogP) is 0.129. The van der Waals surface area contributed by atoms with E-state index in [1.807, 2.05) is 0 Å². The number of alkyl halides is 1. The number of carbonyl (C=O) groups is 4. The summed E-state index contributed by atoms with van der Waals surface area (Å²) in [4.78, 5) is 45.2. The SMILES string of the molecule is CC(=O)N[C@@H]1[C@@H](COC(C)=O)[C@H](OC(C)=O)[C@@H](COC(C)=O)O[C@@H]1Cl. The average Bonchev–Trinajstić information content (AvgIpc) is 2.46. The first kappa shape index (κ1) is 21.2. The van der Waals surface area contributed by atoms with Crippen LogP contribution in [0.5, 0.6) is 0 Å². The number of carbonyl (C=O) groups excluding carboxylic acids is 4. The van der Waals surface area contributed by atoms with Gasteiger partial charge in [0.25, 0.3) is 0 Å². The first-order chi connectivity index (χ1) is 11.6. The molecule has 1 heterocycles. The first-order valence-corrected chi connectivity index (χ1v) is 8.06. The lowest BCUT2D eigenvalue weighted by molar-refractivity contribution is -0.195. The summed E-state index contributed by atoms with van der Waals surface area (Å²) in [5.41, 5.74) is -1.00. The van der Waals surface area contributed by atoms with E-state index in [0.717, 1.165) is 0 Å². The number of ether oxygens (including phenoxy) is 4. The lowest BCUT2D eigenvalue weighted by atomic mass is 9.88. The van der Waals surface area contributed by atoms with Crippen molar-refractivity contribution in [1.82, 2.24) is 5.32 Å². The summed E-state index contributed by atoms with van der Waals surface area (Å²) in [5.74, 6) is -2.77. The van der Waals surface area contributed by atoms with Crippen molar-refractivity contribution in [3.63, 3.8) is 0 Å². The molecule has 0 bridgehead atoms. The molecule has 10 heteroatoms. The maximum atomic E-state index is 11.5. The first-order valence-electron chi connectivity index (χ1n) is 7.62. The van der Waals surface area contributed by atoms with Gasteiger partial charge in [-0.1, -0.05) is 11.6 Å². The van der Waals surface area contributed by atoms with Gasteiger partial charge in [-0.15, -0.1) is 0 Å². The lowest BCUT2D eigenvalue weighted by Gasteiger charge is -2.44. The van der Waals surface area contributed by atoms with Crippen molar-refractivity contribution in [2.75, 3.05) is 13.2 Å². The smallest absolute Gasteiger partial charge is 0.303 e. The van der Waals surface area contributed by atoms with E-state index in [-0.39, 0.29) is 19.1 Å². The summed E-state index contributed by atoms with van der Waals surface area (Å²) in [6.45, 7) is 4.56. The maximum absolute atomic E-state index is 11.5. The van der Waals surface area contributed by atoms with Crippen LogP contribution in [0.2, 0.25) is 0 Å². The van der Waals surface area contributed by atoms with E-state index < -0.39 is 47.6 Å². The largest absolute Gasteiger partial charge is 0.465 e. The van der Waals surface area contributed by atoms with E-state index in [9.17, 15) is 19.2 Å². The van der Waals surface area contributed by atoms with Crippen molar-refractivity contribution in [1.29, 1.82) is 0 Å². The maximum Gasteiger partial charge on any atom is 0.303 e. The van der Waals surface area contributed by atoms with E-state index in [4.69, 9.17) is 30.5 Å². The average molecular weight is 380 g/mol. The zero-order valence-electron chi connectivity index (χ0n) is 14.4. The third kappa shape index (κ3) is 6.87. The van der Waals surface area contributed by atoms with Crippen LogP contribution in [0.3, 0.4) is 0 Å². The van der Waals surface area contributed by atoms with E-state index in [0.29, 0.717) is 0 Å². The van der Waals surface area contributed by atoms with E-state index in [1.165, 1.54) is 27.7 Å². The topological polar surface area (TPSA) is 117 Å². The summed E-state index contributed by atoms with van der Waals surface area (Å²) >= 11 is 6.19. The summed E-state index contributed by atoms with van der Waals surface area (Å²) < 4.78 is 20.8. The third-order valence-electron chi connectivity index (χ3n) is 3.44. The van der Waals surface area contributed by atoms with Crippen molar-refractivity contribution in [3.8, 4) is 0 Å². The fourth-order valence-electron chi connectivity index (χ4n) is 2.51. The number of hydrogen-bond acceptors (Lipinski definition) is 8. The van der Waals surface area contributed by atoms with Crippen LogP contribution >= 0.6 is 11.6 Å². The fourth-order valence-corrected chi connectivity index (χ4v) is 2.89. The molecule has 0 spiro atoms. The molecule has 1 saturated heterocycles. The van der Waals surface area contributed by atoms with Crippen LogP contribution < -0.4 is 5.32 Å². The second-order valence-corrected chi connectivity index (χ2v) is 6.03. The standard InChI is InChI=1S/C15H22ClNO8/c1-7(18)17-13-11(5-22-8(2)19)14(24-10(4)21)12(25-15(13)16)6-23-9(3)20/h11-15H,5-6H2,1-4H3,(H,17,18)/t11-,12-,13-,14+,15+/m1/s1. The summed E-state index contributed by atoms with van der Waals surface area (Å²) in [5, 5.41) is 2.61. The highest BCUT2D eigenvalue weighted by Gasteiger charge is 2.48. The van der Waals surface area contributed by atoms with Gasteiger partial charge < -0.3 is 24.3 Å². The van der Waals surface area contributed by atoms with Crippen molar-refractivity contribution in [2.24, 2.45) is 5.92 Å². The summed E-state index contributed by atoms with van der Waals surface area (Å²) in [7, 11) is 0. The van der Waals surface area contributed by atoms with Gasteiger partial charge in [-0.05, 0) is 0 Å². The van der Waals surface area contributed by atoms with Crippen molar-refractivity contribution >= 4 is 35.4 Å². The van der Waals surface area contributed by atoms with Gasteiger partial charge in [0.05, 0.1) is 18.6 Å². The van der Waals surface area contributed by atoms with Gasteiger partial charge in [0.15, 0.2) is 5.56 Å². The summed E-state index contributed by atoms with van der Waals surface area (Å²) in [6.07, 6.45) is -1.82. The quantitative estimate of drug-likeness (QED) is 0.393. The number of esters is 3. The number of rotatable bonds is 6. The zero-order chi connectivity index (χ0) is 19.1. The van der Waals surface area contributed by atoms with Crippen LogP contribution in [0.1, 0.15) is 27.7 Å². The van der Waals surface area contributed by atoms with E-state index >= 15 is 0 Å². The monoisotopic (exact) mass is 379 g/mol. The molecular weight excluding hydrogens is 358 g/mol. The van der Waals surface area contributed by atoms with Crippen LogP contribution in [-0.2, 0) is 38.1 Å². The Morgan fingerprint density at radius 3 is 2.00 bits per heavy atom. The molecule has 1 aliphatic rings. The molecule has 1 N–H and O–H groups in total. The normalized spacial score (nSPS) is 28.6. The molecule has 1 fully saturated rings. The molecular formula is C15H22ClNO8. The second kappa shape index (κ2) is 9.57. The minimum absolute atomic E-state index is 0.165. The summed E-state index contributed by atoms with van der Waals surface area (Å²) in [6, 6.07) is -0.781. The third-order valence-corrected chi connectivity index (χ3v) is 3.81. The van der Waals surface area contributed by atoms with Gasteiger partial charge in [0, 0.05) is 27.7 Å². The Morgan fingerprint density at radius 1 is 0.960 bits per heavy atom. The highest BCUT2D eigenvalue weighted by molar-refractivity contribution is 6.20. The van der Waals surface area contributed by atoms with Gasteiger partial charge >= 0.3 is 17.9 Å². The highest BCUT2D eigenvalue weighted by Crippen LogP contribution is 2.31. The molecule has 1 rings (SSSR count). The number of amides is 1. The van der Waals surface area contributed by atoms with Gasteiger partial charge in [0.1, 0.15) is 18.8 Å². The Morgan fingerprint density at radius 2 is 1.52 bits per heavy atom. The van der Waals surface area contributed by atoms with Crippen LogP contribution in [0, 0.1) is 5.92 Å². The Kier molecular flexibility index (Phi) is 8.11. The molecule has 25 heavy (non-hydrogen) atoms. The molecule has 0 aromatic rings. The van der Waals surface area contributed by atoms with Crippen molar-refractivity contribution in [2.45, 2.75) is 51.5 Å². The molecule has 0 saturated carbocycles. The van der Waals surface area contributed by atoms with Gasteiger partial charge in [0.2, 0.25) is 5.91 Å². The van der Waals surface area contributed by atoms with Crippen LogP contribution in [0.15, 0.2) is 0 Å². The zero-order valence-corrected chi connectivity index (χ0v) is 15.2. The molecule has 0 radical (unpaired) electrons. The van der Waals surface area contributed by atoms with Crippen molar-refractivity contribution < 1.29 is 38.1 Å². The van der Waals surface area contributed by atoms with Crippen molar-refractivity contribution in [3.05, 3.63) is 0 Å². The minimum atomic E-state index is -1.00. The number of hydrogen-bond donors (Lipinski definition) is 1.